The van der Waals surface area contributed by atoms with Crippen LogP contribution in [0.5, 0.6) is 0 Å². The van der Waals surface area contributed by atoms with E-state index in [0.29, 0.717) is 3.57 Å². The maximum Gasteiger partial charge on any atom is 0.282 e. The van der Waals surface area contributed by atoms with E-state index >= 15 is 0 Å². The summed E-state index contributed by atoms with van der Waals surface area (Å²) in [7, 11) is 0. The largest absolute Gasteiger partial charge is 0.385 e. The first-order valence-corrected chi connectivity index (χ1v) is 7.24. The number of nitrogens with one attached hydrogen (secondary N) is 1. The van der Waals surface area contributed by atoms with Crippen LogP contribution in [0.15, 0.2) is 29.1 Å². The lowest BCUT2D eigenvalue weighted by Crippen LogP contribution is -2.05. The van der Waals surface area contributed by atoms with Crippen molar-refractivity contribution in [1.29, 1.82) is 0 Å². The molecule has 0 unspecified atom stereocenters. The fourth-order valence-corrected chi connectivity index (χ4v) is 2.77. The van der Waals surface area contributed by atoms with Gasteiger partial charge < -0.3 is 5.32 Å². The van der Waals surface area contributed by atoms with Crippen LogP contribution in [0, 0.1) is 13.7 Å². The summed E-state index contributed by atoms with van der Waals surface area (Å²) < 4.78 is 0.635. The molecular formula is C11H10IN3O2S. The normalized spacial score (nSPS) is 10.3. The molecule has 94 valence electrons. The van der Waals surface area contributed by atoms with Crippen LogP contribution in [0.25, 0.3) is 0 Å². The van der Waals surface area contributed by atoms with Gasteiger partial charge >= 0.3 is 0 Å². The highest BCUT2D eigenvalue weighted by Gasteiger charge is 2.11. The third-order valence-corrected chi connectivity index (χ3v) is 3.84. The number of nitrogens with zero attached hydrogens (tertiary/aromatic N) is 2. The molecule has 0 aliphatic rings. The lowest BCUT2D eigenvalue weighted by Gasteiger charge is -2.05. The Bertz CT molecular complexity index is 545. The van der Waals surface area contributed by atoms with Crippen molar-refractivity contribution in [3.05, 3.63) is 48.5 Å². The summed E-state index contributed by atoms with van der Waals surface area (Å²) in [5.41, 5.74) is 3.90. The molecule has 0 amide bonds. The van der Waals surface area contributed by atoms with Crippen LogP contribution < -0.4 is 5.32 Å². The van der Waals surface area contributed by atoms with Gasteiger partial charge in [0, 0.05) is 30.1 Å². The zero-order valence-electron chi connectivity index (χ0n) is 9.30. The molecule has 0 aliphatic carbocycles. The summed E-state index contributed by atoms with van der Waals surface area (Å²) in [6.45, 7) is 0.762. The van der Waals surface area contributed by atoms with Crippen LogP contribution in [0.2, 0.25) is 0 Å². The maximum atomic E-state index is 10.7. The first kappa shape index (κ1) is 13.2. The third kappa shape index (κ3) is 3.39. The summed E-state index contributed by atoms with van der Waals surface area (Å²) in [6, 6.07) is 5.02. The van der Waals surface area contributed by atoms with Gasteiger partial charge in [-0.2, -0.15) is 0 Å². The molecule has 0 fully saturated rings. The summed E-state index contributed by atoms with van der Waals surface area (Å²) >= 11 is 3.55. The van der Waals surface area contributed by atoms with E-state index in [1.165, 1.54) is 6.07 Å². The van der Waals surface area contributed by atoms with Crippen molar-refractivity contribution in [2.24, 2.45) is 0 Å². The van der Waals surface area contributed by atoms with E-state index in [1.54, 1.807) is 23.5 Å². The predicted octanol–water partition coefficient (Wildman–Crippen LogP) is 3.31. The minimum atomic E-state index is -0.374. The molecule has 5 nitrogen and oxygen atoms in total. The molecule has 18 heavy (non-hydrogen) atoms. The summed E-state index contributed by atoms with van der Waals surface area (Å²) in [4.78, 5) is 14.5. The summed E-state index contributed by atoms with van der Waals surface area (Å²) in [6.07, 6.45) is 0.844. The number of hydrogen-bond donors (Lipinski definition) is 1. The van der Waals surface area contributed by atoms with E-state index in [0.717, 1.165) is 24.3 Å². The molecule has 0 bridgehead atoms. The second-order valence-corrected chi connectivity index (χ2v) is 5.46. The van der Waals surface area contributed by atoms with Crippen LogP contribution in [-0.2, 0) is 6.42 Å². The van der Waals surface area contributed by atoms with Gasteiger partial charge in [-0.05, 0) is 34.7 Å². The Labute approximate surface area is 122 Å². The Kier molecular flexibility index (Phi) is 4.48. The second-order valence-electron chi connectivity index (χ2n) is 3.58. The van der Waals surface area contributed by atoms with Gasteiger partial charge in [0.1, 0.15) is 0 Å². The van der Waals surface area contributed by atoms with Crippen molar-refractivity contribution in [3.8, 4) is 0 Å². The van der Waals surface area contributed by atoms with Crippen LogP contribution in [0.3, 0.4) is 0 Å². The minimum absolute atomic E-state index is 0.139. The maximum absolute atomic E-state index is 10.7. The molecule has 0 saturated heterocycles. The standard InChI is InChI=1S/C11H10IN3O2S/c12-10-5-8(1-2-11(10)15(16)17)13-4-3-9-6-18-7-14-9/h1-2,5-7,13H,3-4H2. The molecule has 2 rings (SSSR count). The van der Waals surface area contributed by atoms with Gasteiger partial charge in [0.15, 0.2) is 0 Å². The Hall–Kier alpha value is -1.22. The van der Waals surface area contributed by atoms with Gasteiger partial charge in [0.05, 0.1) is 19.7 Å². The summed E-state index contributed by atoms with van der Waals surface area (Å²) in [5, 5.41) is 15.9. The molecule has 1 aromatic carbocycles. The SMILES string of the molecule is O=[N+]([O-])c1ccc(NCCc2cscn2)cc1I. The molecule has 0 saturated carbocycles. The first-order valence-electron chi connectivity index (χ1n) is 5.21. The lowest BCUT2D eigenvalue weighted by atomic mass is 10.2. The smallest absolute Gasteiger partial charge is 0.282 e. The van der Waals surface area contributed by atoms with E-state index in [-0.39, 0.29) is 10.6 Å². The molecule has 0 radical (unpaired) electrons. The average molecular weight is 375 g/mol. The highest BCUT2D eigenvalue weighted by Crippen LogP contribution is 2.24. The van der Waals surface area contributed by atoms with Crippen molar-refractivity contribution in [2.45, 2.75) is 6.42 Å². The van der Waals surface area contributed by atoms with Gasteiger partial charge in [-0.15, -0.1) is 11.3 Å². The number of halogens is 1. The van der Waals surface area contributed by atoms with E-state index in [1.807, 2.05) is 33.5 Å². The molecule has 1 aromatic heterocycles. The Morgan fingerprint density at radius 1 is 1.50 bits per heavy atom. The monoisotopic (exact) mass is 375 g/mol. The van der Waals surface area contributed by atoms with Crippen LogP contribution in [-0.4, -0.2) is 16.5 Å². The highest BCUT2D eigenvalue weighted by atomic mass is 127. The van der Waals surface area contributed by atoms with Crippen molar-refractivity contribution >= 4 is 45.3 Å². The number of benzene rings is 1. The predicted molar refractivity (Wildman–Crippen MR) is 80.1 cm³/mol. The molecule has 0 atom stereocenters. The lowest BCUT2D eigenvalue weighted by molar-refractivity contribution is -0.385. The van der Waals surface area contributed by atoms with E-state index in [4.69, 9.17) is 0 Å². The first-order chi connectivity index (χ1) is 8.66. The quantitative estimate of drug-likeness (QED) is 0.495. The third-order valence-electron chi connectivity index (χ3n) is 2.34. The average Bonchev–Trinajstić information content (AvgIpc) is 2.81. The molecular weight excluding hydrogens is 365 g/mol. The van der Waals surface area contributed by atoms with Gasteiger partial charge in [0.2, 0.25) is 0 Å². The number of anilines is 1. The number of nitro groups is 1. The summed E-state index contributed by atoms with van der Waals surface area (Å²) in [5.74, 6) is 0. The zero-order chi connectivity index (χ0) is 13.0. The number of thiazole rings is 1. The second kappa shape index (κ2) is 6.10. The fraction of sp³-hybridized carbons (Fsp3) is 0.182. The Balaban J connectivity index is 1.94. The topological polar surface area (TPSA) is 68.1 Å². The molecule has 7 heteroatoms. The van der Waals surface area contributed by atoms with Crippen LogP contribution in [0.4, 0.5) is 11.4 Å². The molecule has 1 N–H and O–H groups in total. The van der Waals surface area contributed by atoms with Crippen molar-refractivity contribution in [2.75, 3.05) is 11.9 Å². The van der Waals surface area contributed by atoms with Crippen LogP contribution in [0.1, 0.15) is 5.69 Å². The number of nitro benzene ring substituents is 1. The molecule has 0 aliphatic heterocycles. The van der Waals surface area contributed by atoms with Crippen molar-refractivity contribution in [3.63, 3.8) is 0 Å². The van der Waals surface area contributed by atoms with Gasteiger partial charge in [0.25, 0.3) is 5.69 Å². The van der Waals surface area contributed by atoms with E-state index < -0.39 is 0 Å². The van der Waals surface area contributed by atoms with E-state index in [2.05, 4.69) is 10.3 Å². The molecule has 0 spiro atoms. The Morgan fingerprint density at radius 3 is 2.94 bits per heavy atom. The fourth-order valence-electron chi connectivity index (χ4n) is 1.46. The van der Waals surface area contributed by atoms with Crippen LogP contribution >= 0.6 is 33.9 Å². The minimum Gasteiger partial charge on any atom is -0.385 e. The van der Waals surface area contributed by atoms with Crippen molar-refractivity contribution < 1.29 is 4.92 Å². The number of hydrogen-bond acceptors (Lipinski definition) is 5. The zero-order valence-corrected chi connectivity index (χ0v) is 12.3. The molecule has 2 aromatic rings. The van der Waals surface area contributed by atoms with Crippen molar-refractivity contribution in [1.82, 2.24) is 4.98 Å². The van der Waals surface area contributed by atoms with Gasteiger partial charge in [-0.3, -0.25) is 10.1 Å². The van der Waals surface area contributed by atoms with E-state index in [9.17, 15) is 10.1 Å². The number of rotatable bonds is 5. The molecule has 1 heterocycles. The highest BCUT2D eigenvalue weighted by molar-refractivity contribution is 14.1. The number of aromatic nitrogens is 1. The Morgan fingerprint density at radius 2 is 2.33 bits per heavy atom. The van der Waals surface area contributed by atoms with Gasteiger partial charge in [-0.1, -0.05) is 0 Å². The van der Waals surface area contributed by atoms with Gasteiger partial charge in [-0.25, -0.2) is 4.98 Å².